The second-order valence-corrected chi connectivity index (χ2v) is 5.06. The van der Waals surface area contributed by atoms with E-state index < -0.39 is 0 Å². The van der Waals surface area contributed by atoms with Crippen LogP contribution in [0.1, 0.15) is 12.8 Å². The van der Waals surface area contributed by atoms with Crippen molar-refractivity contribution < 1.29 is 14.2 Å². The van der Waals surface area contributed by atoms with Crippen LogP contribution in [0.15, 0.2) is 22.7 Å². The van der Waals surface area contributed by atoms with E-state index in [2.05, 4.69) is 15.9 Å². The van der Waals surface area contributed by atoms with Crippen molar-refractivity contribution in [1.29, 1.82) is 0 Å². The molecule has 17 heavy (non-hydrogen) atoms. The van der Waals surface area contributed by atoms with Crippen LogP contribution in [0.3, 0.4) is 0 Å². The third-order valence-corrected chi connectivity index (χ3v) is 3.19. The number of rotatable bonds is 4. The van der Waals surface area contributed by atoms with E-state index in [1.807, 2.05) is 18.2 Å². The highest BCUT2D eigenvalue weighted by molar-refractivity contribution is 9.10. The Kier molecular flexibility index (Phi) is 5.10. The maximum absolute atomic E-state index is 6.03. The minimum Gasteiger partial charge on any atom is -0.492 e. The smallest absolute Gasteiger partial charge is 0.160 e. The monoisotopic (exact) mass is 320 g/mol. The van der Waals surface area contributed by atoms with E-state index in [0.29, 0.717) is 23.8 Å². The van der Waals surface area contributed by atoms with Crippen LogP contribution in [-0.4, -0.2) is 26.1 Å². The number of benzene rings is 1. The normalized spacial score (nSPS) is 17.1. The molecule has 0 aliphatic carbocycles. The molecule has 0 radical (unpaired) electrons. The molecule has 1 saturated heterocycles. The summed E-state index contributed by atoms with van der Waals surface area (Å²) in [5, 5.41) is 0.602. The van der Waals surface area contributed by atoms with Crippen LogP contribution >= 0.6 is 27.5 Å². The van der Waals surface area contributed by atoms with Crippen LogP contribution in [0, 0.1) is 0 Å². The quantitative estimate of drug-likeness (QED) is 0.847. The average Bonchev–Trinajstić information content (AvgIpc) is 2.33. The van der Waals surface area contributed by atoms with E-state index in [4.69, 9.17) is 25.8 Å². The predicted molar refractivity (Wildman–Crippen MR) is 69.6 cm³/mol. The summed E-state index contributed by atoms with van der Waals surface area (Å²) in [7, 11) is 0. The lowest BCUT2D eigenvalue weighted by Crippen LogP contribution is -2.26. The molecule has 1 aliphatic rings. The number of ether oxygens (including phenoxy) is 3. The fourth-order valence-electron chi connectivity index (χ4n) is 1.56. The van der Waals surface area contributed by atoms with E-state index in [9.17, 15) is 0 Å². The molecule has 3 nitrogen and oxygen atoms in total. The molecule has 94 valence electrons. The molecule has 1 aromatic rings. The molecule has 1 aliphatic heterocycles. The van der Waals surface area contributed by atoms with Crippen molar-refractivity contribution >= 4 is 27.5 Å². The topological polar surface area (TPSA) is 27.7 Å². The summed E-state index contributed by atoms with van der Waals surface area (Å²) >= 11 is 9.38. The molecule has 0 N–H and O–H groups in total. The fraction of sp³-hybridized carbons (Fsp3) is 0.500. The van der Waals surface area contributed by atoms with Crippen molar-refractivity contribution in [2.45, 2.75) is 19.1 Å². The van der Waals surface area contributed by atoms with Gasteiger partial charge in [-0.1, -0.05) is 27.5 Å². The maximum atomic E-state index is 6.03. The summed E-state index contributed by atoms with van der Waals surface area (Å²) in [4.78, 5) is 0. The molecule has 1 heterocycles. The zero-order valence-electron chi connectivity index (χ0n) is 9.33. The molecular formula is C12H14BrClO3. The molecule has 0 atom stereocenters. The summed E-state index contributed by atoms with van der Waals surface area (Å²) < 4.78 is 17.4. The van der Waals surface area contributed by atoms with E-state index in [1.54, 1.807) is 0 Å². The van der Waals surface area contributed by atoms with Crippen LogP contribution in [0.2, 0.25) is 5.02 Å². The van der Waals surface area contributed by atoms with Gasteiger partial charge in [-0.3, -0.25) is 0 Å². The summed E-state index contributed by atoms with van der Waals surface area (Å²) in [6.45, 7) is 2.07. The third-order valence-electron chi connectivity index (χ3n) is 2.40. The largest absolute Gasteiger partial charge is 0.492 e. The molecule has 0 aromatic heterocycles. The van der Waals surface area contributed by atoms with Gasteiger partial charge >= 0.3 is 0 Å². The van der Waals surface area contributed by atoms with Crippen LogP contribution < -0.4 is 4.74 Å². The number of hydrogen-bond acceptors (Lipinski definition) is 3. The summed E-state index contributed by atoms with van der Waals surface area (Å²) in [5.41, 5.74) is 0. The Balaban J connectivity index is 1.77. The SMILES string of the molecule is Clc1cc(Br)ccc1OCCC1OCCCO1. The predicted octanol–water partition coefficient (Wildman–Crippen LogP) is 3.63. The molecule has 0 unspecified atom stereocenters. The van der Waals surface area contributed by atoms with Crippen LogP contribution in [0.25, 0.3) is 0 Å². The van der Waals surface area contributed by atoms with E-state index in [-0.39, 0.29) is 6.29 Å². The van der Waals surface area contributed by atoms with E-state index in [0.717, 1.165) is 24.1 Å². The van der Waals surface area contributed by atoms with Gasteiger partial charge in [0, 0.05) is 10.9 Å². The zero-order chi connectivity index (χ0) is 12.1. The average molecular weight is 322 g/mol. The second-order valence-electron chi connectivity index (χ2n) is 3.74. The molecule has 0 saturated carbocycles. The molecule has 2 rings (SSSR count). The van der Waals surface area contributed by atoms with E-state index >= 15 is 0 Å². The zero-order valence-corrected chi connectivity index (χ0v) is 11.7. The van der Waals surface area contributed by atoms with Crippen molar-refractivity contribution in [2.75, 3.05) is 19.8 Å². The fourth-order valence-corrected chi connectivity index (χ4v) is 2.29. The Morgan fingerprint density at radius 1 is 1.35 bits per heavy atom. The number of hydrogen-bond donors (Lipinski definition) is 0. The summed E-state index contributed by atoms with van der Waals surface area (Å²) in [6, 6.07) is 5.55. The summed E-state index contributed by atoms with van der Waals surface area (Å²) in [5.74, 6) is 0.686. The van der Waals surface area contributed by atoms with E-state index in [1.165, 1.54) is 0 Å². The molecule has 0 spiro atoms. The molecular weight excluding hydrogens is 307 g/mol. The molecule has 0 bridgehead atoms. The first kappa shape index (κ1) is 13.1. The van der Waals surface area contributed by atoms with Gasteiger partial charge in [-0.2, -0.15) is 0 Å². The van der Waals surface area contributed by atoms with Crippen LogP contribution in [0.5, 0.6) is 5.75 Å². The van der Waals surface area contributed by atoms with Crippen molar-refractivity contribution in [3.05, 3.63) is 27.7 Å². The van der Waals surface area contributed by atoms with Crippen LogP contribution in [-0.2, 0) is 9.47 Å². The summed E-state index contributed by atoms with van der Waals surface area (Å²) in [6.07, 6.45) is 1.54. The van der Waals surface area contributed by atoms with Gasteiger partial charge in [0.1, 0.15) is 5.75 Å². The maximum Gasteiger partial charge on any atom is 0.160 e. The van der Waals surface area contributed by atoms with Crippen molar-refractivity contribution in [3.8, 4) is 5.75 Å². The third kappa shape index (κ3) is 4.14. The molecule has 1 aromatic carbocycles. The molecule has 1 fully saturated rings. The minimum absolute atomic E-state index is 0.141. The van der Waals surface area contributed by atoms with Gasteiger partial charge in [0.05, 0.1) is 24.8 Å². The van der Waals surface area contributed by atoms with Gasteiger partial charge in [-0.25, -0.2) is 0 Å². The van der Waals surface area contributed by atoms with Crippen molar-refractivity contribution in [3.63, 3.8) is 0 Å². The highest BCUT2D eigenvalue weighted by Crippen LogP contribution is 2.27. The van der Waals surface area contributed by atoms with Gasteiger partial charge in [-0.15, -0.1) is 0 Å². The van der Waals surface area contributed by atoms with Crippen molar-refractivity contribution in [2.24, 2.45) is 0 Å². The Morgan fingerprint density at radius 2 is 2.12 bits per heavy atom. The van der Waals surface area contributed by atoms with Gasteiger partial charge in [0.15, 0.2) is 6.29 Å². The highest BCUT2D eigenvalue weighted by atomic mass is 79.9. The lowest BCUT2D eigenvalue weighted by atomic mass is 10.3. The Labute approximate surface area is 114 Å². The number of halogens is 2. The Bertz CT molecular complexity index is 367. The van der Waals surface area contributed by atoms with Gasteiger partial charge in [0.25, 0.3) is 0 Å². The van der Waals surface area contributed by atoms with Gasteiger partial charge in [-0.05, 0) is 24.6 Å². The first-order chi connectivity index (χ1) is 8.25. The standard InChI is InChI=1S/C12H14BrClO3/c13-9-2-3-11(10(14)8-9)15-7-4-12-16-5-1-6-17-12/h2-3,8,12H,1,4-7H2. The van der Waals surface area contributed by atoms with Gasteiger partial charge < -0.3 is 14.2 Å². The first-order valence-corrected chi connectivity index (χ1v) is 6.74. The van der Waals surface area contributed by atoms with Crippen LogP contribution in [0.4, 0.5) is 0 Å². The molecule has 0 amide bonds. The molecule has 5 heteroatoms. The lowest BCUT2D eigenvalue weighted by Gasteiger charge is -2.23. The van der Waals surface area contributed by atoms with Crippen molar-refractivity contribution in [1.82, 2.24) is 0 Å². The Hall–Kier alpha value is -0.290. The lowest BCUT2D eigenvalue weighted by molar-refractivity contribution is -0.183. The highest BCUT2D eigenvalue weighted by Gasteiger charge is 2.14. The Morgan fingerprint density at radius 3 is 2.82 bits per heavy atom. The second kappa shape index (κ2) is 6.59. The first-order valence-electron chi connectivity index (χ1n) is 5.57. The van der Waals surface area contributed by atoms with Gasteiger partial charge in [0.2, 0.25) is 0 Å². The minimum atomic E-state index is -0.141.